The molecular formula is C21H17F10N3O4. The molecule has 0 bridgehead atoms. The van der Waals surface area contributed by atoms with Crippen molar-refractivity contribution < 1.29 is 63.3 Å². The zero-order valence-corrected chi connectivity index (χ0v) is 18.7. The van der Waals surface area contributed by atoms with E-state index in [1.54, 1.807) is 0 Å². The number of hydrogen-bond donors (Lipinski definition) is 2. The van der Waals surface area contributed by atoms with Crippen LogP contribution in [0.3, 0.4) is 0 Å². The fourth-order valence-corrected chi connectivity index (χ4v) is 3.12. The van der Waals surface area contributed by atoms with Crippen LogP contribution in [0.25, 0.3) is 0 Å². The average molecular weight is 565 g/mol. The summed E-state index contributed by atoms with van der Waals surface area (Å²) in [6.07, 6.45) is -13.9. The number of carbonyl (C=O) groups is 2. The van der Waals surface area contributed by atoms with Crippen LogP contribution >= 0.6 is 0 Å². The van der Waals surface area contributed by atoms with Crippen molar-refractivity contribution in [2.24, 2.45) is 0 Å². The van der Waals surface area contributed by atoms with E-state index in [2.05, 4.69) is 10.3 Å². The lowest BCUT2D eigenvalue weighted by Crippen LogP contribution is -2.47. The lowest BCUT2D eigenvalue weighted by Gasteiger charge is -2.30. The Labute approximate surface area is 207 Å². The summed E-state index contributed by atoms with van der Waals surface area (Å²) in [6, 6.07) is 0.983. The maximum absolute atomic E-state index is 14.1. The summed E-state index contributed by atoms with van der Waals surface area (Å²) < 4.78 is 130. The summed E-state index contributed by atoms with van der Waals surface area (Å²) in [5.41, 5.74) is -3.78. The molecule has 2 heterocycles. The van der Waals surface area contributed by atoms with Crippen molar-refractivity contribution in [3.63, 3.8) is 0 Å². The highest BCUT2D eigenvalue weighted by Crippen LogP contribution is 2.37. The van der Waals surface area contributed by atoms with Gasteiger partial charge in [-0.3, -0.25) is 4.98 Å². The number of amides is 2. The van der Waals surface area contributed by atoms with E-state index in [-0.39, 0.29) is 31.9 Å². The van der Waals surface area contributed by atoms with Gasteiger partial charge in [0.15, 0.2) is 0 Å². The molecule has 7 nitrogen and oxygen atoms in total. The van der Waals surface area contributed by atoms with Gasteiger partial charge in [0.05, 0.1) is 36.1 Å². The number of alkyl halides is 9. The van der Waals surface area contributed by atoms with Crippen LogP contribution in [0.2, 0.25) is 0 Å². The highest BCUT2D eigenvalue weighted by molar-refractivity contribution is 5.75. The molecule has 1 unspecified atom stereocenters. The van der Waals surface area contributed by atoms with Gasteiger partial charge in [0.25, 0.3) is 0 Å². The molecule has 1 atom stereocenters. The molecule has 2 N–H and O–H groups in total. The first-order valence-electron chi connectivity index (χ1n) is 10.2. The molecule has 1 saturated heterocycles. The van der Waals surface area contributed by atoms with E-state index in [1.807, 2.05) is 0 Å². The van der Waals surface area contributed by atoms with Crippen molar-refractivity contribution in [1.29, 1.82) is 0 Å². The molecule has 1 aliphatic heterocycles. The van der Waals surface area contributed by atoms with Crippen LogP contribution in [0, 0.1) is 5.82 Å². The fraction of sp³-hybridized carbons (Fsp3) is 0.381. The van der Waals surface area contributed by atoms with Gasteiger partial charge < -0.3 is 20.1 Å². The number of aromatic nitrogens is 1. The molecule has 1 aliphatic rings. The monoisotopic (exact) mass is 565 g/mol. The first-order chi connectivity index (χ1) is 17.4. The summed E-state index contributed by atoms with van der Waals surface area (Å²) in [4.78, 5) is 26.5. The van der Waals surface area contributed by atoms with Crippen molar-refractivity contribution >= 4 is 12.0 Å². The minimum absolute atomic E-state index is 0.161. The number of aliphatic carboxylic acids is 1. The standard InChI is InChI=1S/C19H16F7N3O2.C2HF3O2/c20-14-10-11(3-4-12(14)18(21,22)23)15(28-17(30)29-6-8-31-9-7-29)16-13(19(24,25)26)2-1-5-27-16;3-2(4,5)1(6)7/h1-5,10,15H,6-9H2,(H,28,30);(H,6,7). The molecule has 0 radical (unpaired) electrons. The van der Waals surface area contributed by atoms with Crippen molar-refractivity contribution in [3.8, 4) is 0 Å². The van der Waals surface area contributed by atoms with Crippen LogP contribution in [0.4, 0.5) is 48.7 Å². The largest absolute Gasteiger partial charge is 0.490 e. The maximum atomic E-state index is 14.1. The second-order valence-electron chi connectivity index (χ2n) is 7.46. The van der Waals surface area contributed by atoms with E-state index in [0.29, 0.717) is 12.1 Å². The second kappa shape index (κ2) is 11.8. The van der Waals surface area contributed by atoms with Crippen LogP contribution in [-0.2, 0) is 21.9 Å². The molecule has 17 heteroatoms. The number of rotatable bonds is 3. The number of pyridine rings is 1. The average Bonchev–Trinajstić information content (AvgIpc) is 2.81. The number of carboxylic acids is 1. The molecule has 1 aromatic heterocycles. The third-order valence-electron chi connectivity index (χ3n) is 4.86. The number of morpholine rings is 1. The SMILES string of the molecule is O=C(NC(c1ccc(C(F)(F)F)c(F)c1)c1ncccc1C(F)(F)F)N1CCOCC1.O=C(O)C(F)(F)F. The Kier molecular flexibility index (Phi) is 9.52. The third-order valence-corrected chi connectivity index (χ3v) is 4.86. The molecule has 2 aromatic rings. The molecule has 2 amide bonds. The van der Waals surface area contributed by atoms with Gasteiger partial charge >= 0.3 is 30.5 Å². The summed E-state index contributed by atoms with van der Waals surface area (Å²) in [5.74, 6) is -4.44. The lowest BCUT2D eigenvalue weighted by atomic mass is 9.97. The Morgan fingerprint density at radius 1 is 0.947 bits per heavy atom. The van der Waals surface area contributed by atoms with Gasteiger partial charge in [0, 0.05) is 19.3 Å². The minimum atomic E-state index is -5.08. The van der Waals surface area contributed by atoms with Gasteiger partial charge in [0.2, 0.25) is 0 Å². The van der Waals surface area contributed by atoms with Crippen LogP contribution in [-0.4, -0.2) is 59.5 Å². The van der Waals surface area contributed by atoms with Crippen molar-refractivity contribution in [2.75, 3.05) is 26.3 Å². The molecule has 38 heavy (non-hydrogen) atoms. The summed E-state index contributed by atoms with van der Waals surface area (Å²) in [6.45, 7) is 0.747. The first-order valence-corrected chi connectivity index (χ1v) is 10.2. The summed E-state index contributed by atoms with van der Waals surface area (Å²) >= 11 is 0. The number of urea groups is 1. The normalized spacial score (nSPS) is 15.3. The van der Waals surface area contributed by atoms with Gasteiger partial charge in [-0.2, -0.15) is 39.5 Å². The Morgan fingerprint density at radius 3 is 1.97 bits per heavy atom. The Hall–Kier alpha value is -3.63. The predicted molar refractivity (Wildman–Crippen MR) is 107 cm³/mol. The number of carboxylic acid groups (broad SMARTS) is 1. The van der Waals surface area contributed by atoms with E-state index in [0.717, 1.165) is 24.4 Å². The van der Waals surface area contributed by atoms with E-state index in [1.165, 1.54) is 4.90 Å². The smallest absolute Gasteiger partial charge is 0.475 e. The molecule has 1 aromatic carbocycles. The minimum Gasteiger partial charge on any atom is -0.475 e. The van der Waals surface area contributed by atoms with Crippen LogP contribution in [0.1, 0.15) is 28.4 Å². The summed E-state index contributed by atoms with van der Waals surface area (Å²) in [5, 5.41) is 9.46. The summed E-state index contributed by atoms with van der Waals surface area (Å²) in [7, 11) is 0. The fourth-order valence-electron chi connectivity index (χ4n) is 3.12. The van der Waals surface area contributed by atoms with Crippen LogP contribution in [0.15, 0.2) is 36.5 Å². The second-order valence-corrected chi connectivity index (χ2v) is 7.46. The van der Waals surface area contributed by atoms with E-state index in [4.69, 9.17) is 14.6 Å². The molecule has 0 saturated carbocycles. The van der Waals surface area contributed by atoms with Gasteiger partial charge in [-0.1, -0.05) is 6.07 Å². The highest BCUT2D eigenvalue weighted by atomic mass is 19.4. The van der Waals surface area contributed by atoms with E-state index in [9.17, 15) is 48.7 Å². The first kappa shape index (κ1) is 30.6. The number of halogens is 10. The zero-order valence-electron chi connectivity index (χ0n) is 18.7. The Balaban J connectivity index is 0.000000638. The number of carbonyl (C=O) groups excluding carboxylic acids is 1. The third kappa shape index (κ3) is 8.19. The van der Waals surface area contributed by atoms with Gasteiger partial charge in [-0.15, -0.1) is 0 Å². The van der Waals surface area contributed by atoms with Gasteiger partial charge in [-0.25, -0.2) is 14.0 Å². The van der Waals surface area contributed by atoms with Crippen molar-refractivity contribution in [1.82, 2.24) is 15.2 Å². The topological polar surface area (TPSA) is 91.8 Å². The highest BCUT2D eigenvalue weighted by Gasteiger charge is 2.39. The van der Waals surface area contributed by atoms with Crippen molar-refractivity contribution in [3.05, 3.63) is 64.7 Å². The molecule has 1 fully saturated rings. The number of ether oxygens (including phenoxy) is 1. The number of nitrogens with zero attached hydrogens (tertiary/aromatic N) is 2. The Morgan fingerprint density at radius 2 is 1.50 bits per heavy atom. The Bertz CT molecular complexity index is 1130. The van der Waals surface area contributed by atoms with E-state index >= 15 is 0 Å². The van der Waals surface area contributed by atoms with Crippen LogP contribution < -0.4 is 5.32 Å². The molecular weight excluding hydrogens is 548 g/mol. The molecule has 3 rings (SSSR count). The van der Waals surface area contributed by atoms with Crippen LogP contribution in [0.5, 0.6) is 0 Å². The molecule has 0 spiro atoms. The lowest BCUT2D eigenvalue weighted by molar-refractivity contribution is -0.192. The number of nitrogens with one attached hydrogen (secondary N) is 1. The predicted octanol–water partition coefficient (Wildman–Crippen LogP) is 5.02. The number of benzene rings is 1. The van der Waals surface area contributed by atoms with Crippen molar-refractivity contribution in [2.45, 2.75) is 24.6 Å². The zero-order chi connectivity index (χ0) is 28.9. The molecule has 0 aliphatic carbocycles. The maximum Gasteiger partial charge on any atom is 0.490 e. The molecule has 210 valence electrons. The van der Waals surface area contributed by atoms with E-state index < -0.39 is 59.2 Å². The number of hydrogen-bond acceptors (Lipinski definition) is 4. The van der Waals surface area contributed by atoms with Gasteiger partial charge in [-0.05, 0) is 29.8 Å². The quantitative estimate of drug-likeness (QED) is 0.510. The van der Waals surface area contributed by atoms with Gasteiger partial charge in [0.1, 0.15) is 5.82 Å².